The van der Waals surface area contributed by atoms with Gasteiger partial charge in [0.05, 0.1) is 5.75 Å². The molecule has 0 aromatic heterocycles. The van der Waals surface area contributed by atoms with Crippen LogP contribution >= 0.6 is 0 Å². The van der Waals surface area contributed by atoms with Gasteiger partial charge in [0, 0.05) is 13.1 Å². The van der Waals surface area contributed by atoms with Crippen LogP contribution in [0.3, 0.4) is 0 Å². The fourth-order valence-corrected chi connectivity index (χ4v) is 2.61. The third-order valence-electron chi connectivity index (χ3n) is 2.33. The molecule has 0 saturated heterocycles. The van der Waals surface area contributed by atoms with Gasteiger partial charge in [-0.15, -0.1) is 6.58 Å². The fraction of sp³-hybridized carbons (Fsp3) is 0.500. The van der Waals surface area contributed by atoms with E-state index in [1.54, 1.807) is 25.2 Å². The molecule has 0 aliphatic carbocycles. The first kappa shape index (κ1) is 12.9. The van der Waals surface area contributed by atoms with Gasteiger partial charge >= 0.3 is 0 Å². The van der Waals surface area contributed by atoms with E-state index in [9.17, 15) is 13.2 Å². The van der Waals surface area contributed by atoms with E-state index in [0.29, 0.717) is 6.54 Å². The van der Waals surface area contributed by atoms with Crippen molar-refractivity contribution in [2.75, 3.05) is 18.8 Å². The van der Waals surface area contributed by atoms with Gasteiger partial charge in [-0.25, -0.2) is 8.42 Å². The Morgan fingerprint density at radius 3 is 2.94 bits per heavy atom. The molecule has 0 spiro atoms. The standard InChI is InChI=1S/C10H16N2O3S/c1-3-7-11-10(13)9-6-5-8-12(9)16(14,15)4-2/h3,5-6,9H,1,4,7-8H2,2H3,(H,11,13)/t9-/m1/s1. The van der Waals surface area contributed by atoms with Crippen LogP contribution in [0.4, 0.5) is 0 Å². The number of carbonyl (C=O) groups excluding carboxylic acids is 1. The van der Waals surface area contributed by atoms with E-state index in [1.807, 2.05) is 0 Å². The van der Waals surface area contributed by atoms with Crippen molar-refractivity contribution < 1.29 is 13.2 Å². The molecule has 0 fully saturated rings. The topological polar surface area (TPSA) is 66.5 Å². The maximum absolute atomic E-state index is 11.7. The normalized spacial score (nSPS) is 20.9. The lowest BCUT2D eigenvalue weighted by Gasteiger charge is -2.22. The molecule has 0 unspecified atom stereocenters. The summed E-state index contributed by atoms with van der Waals surface area (Å²) < 4.78 is 24.6. The number of rotatable bonds is 5. The highest BCUT2D eigenvalue weighted by molar-refractivity contribution is 7.89. The molecule has 1 heterocycles. The molecule has 16 heavy (non-hydrogen) atoms. The molecular weight excluding hydrogens is 228 g/mol. The Labute approximate surface area is 95.9 Å². The van der Waals surface area contributed by atoms with Crippen LogP contribution in [0.1, 0.15) is 6.92 Å². The van der Waals surface area contributed by atoms with Crippen molar-refractivity contribution in [2.24, 2.45) is 0 Å². The van der Waals surface area contributed by atoms with Gasteiger partial charge in [0.1, 0.15) is 6.04 Å². The summed E-state index contributed by atoms with van der Waals surface area (Å²) in [6, 6.07) is -0.718. The largest absolute Gasteiger partial charge is 0.351 e. The van der Waals surface area contributed by atoms with Gasteiger partial charge in [0.15, 0.2) is 0 Å². The minimum atomic E-state index is -3.33. The summed E-state index contributed by atoms with van der Waals surface area (Å²) in [5.41, 5.74) is 0. The van der Waals surface area contributed by atoms with E-state index in [0.717, 1.165) is 0 Å². The van der Waals surface area contributed by atoms with Crippen LogP contribution in [-0.2, 0) is 14.8 Å². The molecule has 1 aliphatic rings. The second-order valence-corrected chi connectivity index (χ2v) is 5.59. The van der Waals surface area contributed by atoms with Crippen LogP contribution in [-0.4, -0.2) is 43.5 Å². The molecule has 1 aliphatic heterocycles. The van der Waals surface area contributed by atoms with Crippen molar-refractivity contribution in [1.29, 1.82) is 0 Å². The number of nitrogens with one attached hydrogen (secondary N) is 1. The highest BCUT2D eigenvalue weighted by atomic mass is 32.2. The Morgan fingerprint density at radius 2 is 2.38 bits per heavy atom. The number of sulfonamides is 1. The van der Waals surface area contributed by atoms with Crippen molar-refractivity contribution in [3.8, 4) is 0 Å². The molecular formula is C10H16N2O3S. The maximum Gasteiger partial charge on any atom is 0.242 e. The molecule has 0 aromatic carbocycles. The quantitative estimate of drug-likeness (QED) is 0.686. The minimum Gasteiger partial charge on any atom is -0.351 e. The molecule has 1 atom stereocenters. The van der Waals surface area contributed by atoms with Crippen LogP contribution in [0.15, 0.2) is 24.8 Å². The lowest BCUT2D eigenvalue weighted by Crippen LogP contribution is -2.46. The van der Waals surface area contributed by atoms with E-state index in [4.69, 9.17) is 0 Å². The van der Waals surface area contributed by atoms with Crippen molar-refractivity contribution >= 4 is 15.9 Å². The van der Waals surface area contributed by atoms with Crippen molar-refractivity contribution in [1.82, 2.24) is 9.62 Å². The Morgan fingerprint density at radius 1 is 1.69 bits per heavy atom. The second-order valence-electron chi connectivity index (χ2n) is 3.38. The van der Waals surface area contributed by atoms with Crippen molar-refractivity contribution in [3.05, 3.63) is 24.8 Å². The van der Waals surface area contributed by atoms with Gasteiger partial charge in [-0.1, -0.05) is 18.2 Å². The zero-order valence-electron chi connectivity index (χ0n) is 9.22. The average Bonchev–Trinajstić information content (AvgIpc) is 2.75. The number of hydrogen-bond donors (Lipinski definition) is 1. The van der Waals surface area contributed by atoms with Crippen molar-refractivity contribution in [3.63, 3.8) is 0 Å². The highest BCUT2D eigenvalue weighted by Crippen LogP contribution is 2.15. The van der Waals surface area contributed by atoms with Gasteiger partial charge < -0.3 is 5.32 Å². The van der Waals surface area contributed by atoms with E-state index in [-0.39, 0.29) is 18.2 Å². The lowest BCUT2D eigenvalue weighted by molar-refractivity contribution is -0.122. The Hall–Kier alpha value is -1.14. The fourth-order valence-electron chi connectivity index (χ4n) is 1.45. The Balaban J connectivity index is 2.76. The maximum atomic E-state index is 11.7. The first-order chi connectivity index (χ1) is 7.53. The Kier molecular flexibility index (Phi) is 4.26. The predicted molar refractivity (Wildman–Crippen MR) is 62.3 cm³/mol. The summed E-state index contributed by atoms with van der Waals surface area (Å²) in [6.07, 6.45) is 4.84. The molecule has 1 rings (SSSR count). The highest BCUT2D eigenvalue weighted by Gasteiger charge is 2.33. The first-order valence-corrected chi connectivity index (χ1v) is 6.68. The third kappa shape index (κ3) is 2.70. The predicted octanol–water partition coefficient (Wildman–Crippen LogP) is -0.121. The van der Waals surface area contributed by atoms with E-state index in [1.165, 1.54) is 4.31 Å². The van der Waals surface area contributed by atoms with Crippen LogP contribution in [0.25, 0.3) is 0 Å². The number of carbonyl (C=O) groups is 1. The second kappa shape index (κ2) is 5.27. The SMILES string of the molecule is C=CCNC(=O)[C@H]1C=CCN1S(=O)(=O)CC. The van der Waals surface area contributed by atoms with Gasteiger partial charge in [0.25, 0.3) is 0 Å². The monoisotopic (exact) mass is 244 g/mol. The molecule has 90 valence electrons. The van der Waals surface area contributed by atoms with Gasteiger partial charge in [-0.2, -0.15) is 4.31 Å². The van der Waals surface area contributed by atoms with Crippen LogP contribution < -0.4 is 5.32 Å². The summed E-state index contributed by atoms with van der Waals surface area (Å²) in [4.78, 5) is 11.7. The zero-order chi connectivity index (χ0) is 12.2. The number of hydrogen-bond acceptors (Lipinski definition) is 3. The third-order valence-corrected chi connectivity index (χ3v) is 4.15. The van der Waals surface area contributed by atoms with Crippen LogP contribution in [0.5, 0.6) is 0 Å². The molecule has 0 radical (unpaired) electrons. The van der Waals surface area contributed by atoms with Gasteiger partial charge in [-0.05, 0) is 6.92 Å². The lowest BCUT2D eigenvalue weighted by atomic mass is 10.3. The van der Waals surface area contributed by atoms with Gasteiger partial charge in [0.2, 0.25) is 15.9 Å². The smallest absolute Gasteiger partial charge is 0.242 e. The molecule has 1 N–H and O–H groups in total. The van der Waals surface area contributed by atoms with Crippen molar-refractivity contribution in [2.45, 2.75) is 13.0 Å². The van der Waals surface area contributed by atoms with E-state index in [2.05, 4.69) is 11.9 Å². The zero-order valence-corrected chi connectivity index (χ0v) is 10.0. The number of nitrogens with zero attached hydrogens (tertiary/aromatic N) is 1. The molecule has 6 heteroatoms. The van der Waals surface area contributed by atoms with E-state index < -0.39 is 16.1 Å². The first-order valence-electron chi connectivity index (χ1n) is 5.07. The summed E-state index contributed by atoms with van der Waals surface area (Å²) in [6.45, 7) is 5.64. The van der Waals surface area contributed by atoms with Crippen LogP contribution in [0, 0.1) is 0 Å². The van der Waals surface area contributed by atoms with E-state index >= 15 is 0 Å². The number of amides is 1. The van der Waals surface area contributed by atoms with Gasteiger partial charge in [-0.3, -0.25) is 4.79 Å². The molecule has 5 nitrogen and oxygen atoms in total. The summed E-state index contributed by atoms with van der Waals surface area (Å²) in [5, 5.41) is 2.59. The summed E-state index contributed by atoms with van der Waals surface area (Å²) in [5.74, 6) is -0.314. The average molecular weight is 244 g/mol. The van der Waals surface area contributed by atoms with Crippen LogP contribution in [0.2, 0.25) is 0 Å². The molecule has 0 bridgehead atoms. The summed E-state index contributed by atoms with van der Waals surface area (Å²) in [7, 11) is -3.33. The molecule has 0 saturated carbocycles. The minimum absolute atomic E-state index is 0.0000810. The summed E-state index contributed by atoms with van der Waals surface area (Å²) >= 11 is 0. The molecule has 1 amide bonds. The Bertz CT molecular complexity index is 400. The molecule has 0 aromatic rings.